The van der Waals surface area contributed by atoms with Gasteiger partial charge in [0.05, 0.1) is 6.54 Å². The van der Waals surface area contributed by atoms with Crippen LogP contribution in [0.4, 0.5) is 0 Å². The third-order valence-electron chi connectivity index (χ3n) is 2.93. The minimum atomic E-state index is 0.410. The van der Waals surface area contributed by atoms with Gasteiger partial charge in [0, 0.05) is 12.1 Å². The monoisotopic (exact) mass is 259 g/mol. The molecular weight excluding hydrogens is 234 g/mol. The van der Waals surface area contributed by atoms with Gasteiger partial charge in [-0.1, -0.05) is 30.0 Å². The van der Waals surface area contributed by atoms with Crippen LogP contribution in [-0.4, -0.2) is 50.6 Å². The molecule has 1 aromatic carbocycles. The molecular formula is C16H25N3. The van der Waals surface area contributed by atoms with Crippen molar-refractivity contribution in [3.8, 4) is 11.8 Å². The quantitative estimate of drug-likeness (QED) is 0.783. The lowest BCUT2D eigenvalue weighted by Gasteiger charge is -2.19. The molecule has 0 unspecified atom stereocenters. The van der Waals surface area contributed by atoms with Crippen molar-refractivity contribution < 1.29 is 0 Å². The van der Waals surface area contributed by atoms with Gasteiger partial charge >= 0.3 is 0 Å². The highest BCUT2D eigenvalue weighted by atomic mass is 15.1. The van der Waals surface area contributed by atoms with Crippen molar-refractivity contribution in [2.24, 2.45) is 5.73 Å². The third kappa shape index (κ3) is 6.40. The van der Waals surface area contributed by atoms with Crippen molar-refractivity contribution in [1.82, 2.24) is 9.80 Å². The molecule has 0 saturated carbocycles. The minimum absolute atomic E-state index is 0.410. The van der Waals surface area contributed by atoms with E-state index in [1.54, 1.807) is 0 Å². The van der Waals surface area contributed by atoms with Crippen LogP contribution in [0.3, 0.4) is 0 Å². The number of benzene rings is 1. The zero-order valence-corrected chi connectivity index (χ0v) is 12.3. The van der Waals surface area contributed by atoms with Gasteiger partial charge in [-0.05, 0) is 52.3 Å². The molecule has 3 heteroatoms. The maximum absolute atomic E-state index is 5.43. The lowest BCUT2D eigenvalue weighted by atomic mass is 10.1. The molecule has 1 rings (SSSR count). The molecule has 0 spiro atoms. The molecule has 0 aliphatic carbocycles. The molecule has 0 fully saturated rings. The van der Waals surface area contributed by atoms with Crippen LogP contribution < -0.4 is 5.73 Å². The van der Waals surface area contributed by atoms with Gasteiger partial charge in [-0.3, -0.25) is 0 Å². The first kappa shape index (κ1) is 15.7. The Labute approximate surface area is 117 Å². The van der Waals surface area contributed by atoms with Crippen molar-refractivity contribution >= 4 is 0 Å². The zero-order valence-electron chi connectivity index (χ0n) is 12.3. The van der Waals surface area contributed by atoms with Gasteiger partial charge in [0.25, 0.3) is 0 Å². The Bertz CT molecular complexity index is 429. The highest BCUT2D eigenvalue weighted by Crippen LogP contribution is 2.10. The average Bonchev–Trinajstić information content (AvgIpc) is 2.37. The Kier molecular flexibility index (Phi) is 7.20. The van der Waals surface area contributed by atoms with E-state index in [-0.39, 0.29) is 0 Å². The number of rotatable bonds is 6. The van der Waals surface area contributed by atoms with E-state index in [1.165, 1.54) is 12.0 Å². The maximum Gasteiger partial charge on any atom is 0.0555 e. The Morgan fingerprint density at radius 2 is 1.84 bits per heavy atom. The molecule has 1 aromatic rings. The molecule has 0 aliphatic heterocycles. The molecule has 0 saturated heterocycles. The fourth-order valence-electron chi connectivity index (χ4n) is 1.95. The van der Waals surface area contributed by atoms with Crippen LogP contribution in [0.1, 0.15) is 17.5 Å². The van der Waals surface area contributed by atoms with Crippen LogP contribution in [0.5, 0.6) is 0 Å². The standard InChI is InChI=1S/C16H25N3/c1-18(2)12-7-13-19(3)14-16-9-5-4-8-15(16)10-6-11-17/h4-5,8-9H,7,11-14,17H2,1-3H3. The summed E-state index contributed by atoms with van der Waals surface area (Å²) in [4.78, 5) is 4.56. The summed E-state index contributed by atoms with van der Waals surface area (Å²) in [7, 11) is 6.37. The Hall–Kier alpha value is -1.34. The summed E-state index contributed by atoms with van der Waals surface area (Å²) in [6.07, 6.45) is 1.18. The highest BCUT2D eigenvalue weighted by molar-refractivity contribution is 5.41. The fraction of sp³-hybridized carbons (Fsp3) is 0.500. The first-order valence-corrected chi connectivity index (χ1v) is 6.73. The Morgan fingerprint density at radius 1 is 1.11 bits per heavy atom. The summed E-state index contributed by atoms with van der Waals surface area (Å²) >= 11 is 0. The molecule has 2 N–H and O–H groups in total. The number of hydrogen-bond acceptors (Lipinski definition) is 3. The van der Waals surface area contributed by atoms with Gasteiger partial charge in [-0.2, -0.15) is 0 Å². The SMILES string of the molecule is CN(C)CCCN(C)Cc1ccccc1C#CCN. The third-order valence-corrected chi connectivity index (χ3v) is 2.93. The van der Waals surface area contributed by atoms with Crippen LogP contribution in [-0.2, 0) is 6.54 Å². The molecule has 104 valence electrons. The molecule has 0 atom stereocenters. The number of hydrogen-bond donors (Lipinski definition) is 1. The van der Waals surface area contributed by atoms with E-state index in [9.17, 15) is 0 Å². The second kappa shape index (κ2) is 8.71. The van der Waals surface area contributed by atoms with Gasteiger partial charge in [-0.25, -0.2) is 0 Å². The van der Waals surface area contributed by atoms with E-state index >= 15 is 0 Å². The van der Waals surface area contributed by atoms with Crippen LogP contribution in [0.2, 0.25) is 0 Å². The van der Waals surface area contributed by atoms with Crippen LogP contribution in [0.25, 0.3) is 0 Å². The maximum atomic E-state index is 5.43. The zero-order chi connectivity index (χ0) is 14.1. The van der Waals surface area contributed by atoms with Crippen molar-refractivity contribution in [1.29, 1.82) is 0 Å². The van der Waals surface area contributed by atoms with Crippen molar-refractivity contribution in [3.05, 3.63) is 35.4 Å². The summed E-state index contributed by atoms with van der Waals surface area (Å²) in [5.74, 6) is 6.07. The molecule has 0 bridgehead atoms. The second-order valence-corrected chi connectivity index (χ2v) is 5.06. The van der Waals surface area contributed by atoms with E-state index in [0.717, 1.165) is 25.2 Å². The molecule has 19 heavy (non-hydrogen) atoms. The minimum Gasteiger partial charge on any atom is -0.320 e. The van der Waals surface area contributed by atoms with Crippen molar-refractivity contribution in [3.63, 3.8) is 0 Å². The molecule has 0 radical (unpaired) electrons. The number of nitrogens with two attached hydrogens (primary N) is 1. The van der Waals surface area contributed by atoms with E-state index in [0.29, 0.717) is 6.54 Å². The fourth-order valence-corrected chi connectivity index (χ4v) is 1.95. The van der Waals surface area contributed by atoms with E-state index in [2.05, 4.69) is 61.0 Å². The first-order chi connectivity index (χ1) is 9.13. The van der Waals surface area contributed by atoms with Gasteiger partial charge in [0.1, 0.15) is 0 Å². The molecule has 3 nitrogen and oxygen atoms in total. The summed E-state index contributed by atoms with van der Waals surface area (Å²) in [5, 5.41) is 0. The van der Waals surface area contributed by atoms with Crippen molar-refractivity contribution in [2.75, 3.05) is 40.8 Å². The second-order valence-electron chi connectivity index (χ2n) is 5.06. The Morgan fingerprint density at radius 3 is 2.53 bits per heavy atom. The van der Waals surface area contributed by atoms with Crippen LogP contribution in [0, 0.1) is 11.8 Å². The molecule has 0 heterocycles. The molecule has 0 amide bonds. The van der Waals surface area contributed by atoms with Crippen LogP contribution in [0.15, 0.2) is 24.3 Å². The van der Waals surface area contributed by atoms with Gasteiger partial charge < -0.3 is 15.5 Å². The molecule has 0 aliphatic rings. The summed E-state index contributed by atoms with van der Waals surface area (Å²) in [5.41, 5.74) is 7.80. The largest absolute Gasteiger partial charge is 0.320 e. The normalized spacial score (nSPS) is 10.6. The lowest BCUT2D eigenvalue weighted by molar-refractivity contribution is 0.294. The summed E-state index contributed by atoms with van der Waals surface area (Å²) < 4.78 is 0. The van der Waals surface area contributed by atoms with E-state index in [4.69, 9.17) is 5.73 Å². The summed E-state index contributed by atoms with van der Waals surface area (Å²) in [6, 6.07) is 8.29. The first-order valence-electron chi connectivity index (χ1n) is 6.73. The number of nitrogens with zero attached hydrogens (tertiary/aromatic N) is 2. The van der Waals surface area contributed by atoms with E-state index < -0.39 is 0 Å². The van der Waals surface area contributed by atoms with E-state index in [1.807, 2.05) is 6.07 Å². The summed E-state index contributed by atoms with van der Waals surface area (Å²) in [6.45, 7) is 3.56. The van der Waals surface area contributed by atoms with Gasteiger partial charge in [0.15, 0.2) is 0 Å². The topological polar surface area (TPSA) is 32.5 Å². The highest BCUT2D eigenvalue weighted by Gasteiger charge is 2.04. The predicted molar refractivity (Wildman–Crippen MR) is 81.9 cm³/mol. The predicted octanol–water partition coefficient (Wildman–Crippen LogP) is 1.38. The average molecular weight is 259 g/mol. The van der Waals surface area contributed by atoms with Crippen molar-refractivity contribution in [2.45, 2.75) is 13.0 Å². The Balaban J connectivity index is 2.56. The smallest absolute Gasteiger partial charge is 0.0555 e. The molecule has 0 aromatic heterocycles. The van der Waals surface area contributed by atoms with Gasteiger partial charge in [-0.15, -0.1) is 0 Å². The van der Waals surface area contributed by atoms with Gasteiger partial charge in [0.2, 0.25) is 0 Å². The lowest BCUT2D eigenvalue weighted by Crippen LogP contribution is -2.23. The van der Waals surface area contributed by atoms with Crippen LogP contribution >= 0.6 is 0 Å².